The lowest BCUT2D eigenvalue weighted by molar-refractivity contribution is -0.185. The highest BCUT2D eigenvalue weighted by Crippen LogP contribution is 2.68. The van der Waals surface area contributed by atoms with Gasteiger partial charge in [-0.1, -0.05) is 12.5 Å². The predicted octanol–water partition coefficient (Wildman–Crippen LogP) is 3.79. The molecule has 6 atom stereocenters. The zero-order chi connectivity index (χ0) is 21.2. The molecule has 2 N–H and O–H groups in total. The van der Waals surface area contributed by atoms with E-state index in [-0.39, 0.29) is 35.7 Å². The molecule has 7 nitrogen and oxygen atoms in total. The van der Waals surface area contributed by atoms with E-state index in [1.54, 1.807) is 6.08 Å². The summed E-state index contributed by atoms with van der Waals surface area (Å²) >= 11 is 0. The Morgan fingerprint density at radius 3 is 2.45 bits per heavy atom. The summed E-state index contributed by atoms with van der Waals surface area (Å²) in [7, 11) is 1.18. The Morgan fingerprint density at radius 2 is 1.79 bits per heavy atom. The Hall–Kier alpha value is -2.31. The number of fused-ring (bicyclic) bond motifs is 5. The van der Waals surface area contributed by atoms with E-state index in [4.69, 9.17) is 4.74 Å². The van der Waals surface area contributed by atoms with Crippen LogP contribution in [0.1, 0.15) is 52.4 Å². The molecule has 3 fully saturated rings. The number of rotatable bonds is 2. The van der Waals surface area contributed by atoms with Crippen LogP contribution in [0.15, 0.2) is 23.5 Å². The van der Waals surface area contributed by atoms with E-state index in [1.807, 2.05) is 13.8 Å². The van der Waals surface area contributed by atoms with Crippen molar-refractivity contribution in [3.8, 4) is 0 Å². The predicted molar refractivity (Wildman–Crippen MR) is 102 cm³/mol. The van der Waals surface area contributed by atoms with Gasteiger partial charge in [0, 0.05) is 16.9 Å². The Balaban J connectivity index is 1.72. The first-order valence-corrected chi connectivity index (χ1v) is 10.3. The van der Waals surface area contributed by atoms with Gasteiger partial charge in [-0.3, -0.25) is 4.79 Å². The van der Waals surface area contributed by atoms with Crippen LogP contribution in [0, 0.1) is 28.6 Å². The molecule has 0 radical (unpaired) electrons. The van der Waals surface area contributed by atoms with E-state index in [0.717, 1.165) is 12.0 Å². The number of methoxy groups -OCH3 is 1. The van der Waals surface area contributed by atoms with Crippen molar-refractivity contribution >= 4 is 17.9 Å². The molecule has 0 amide bonds. The highest BCUT2D eigenvalue weighted by Gasteiger charge is 2.70. The van der Waals surface area contributed by atoms with Gasteiger partial charge in [-0.25, -0.2) is 9.59 Å². The van der Waals surface area contributed by atoms with Gasteiger partial charge in [0.15, 0.2) is 5.78 Å². The molecular weight excluding hydrogens is 376 g/mol. The molecule has 4 aliphatic carbocycles. The number of aliphatic hydroxyl groups is 1. The second-order valence-corrected chi connectivity index (χ2v) is 9.40. The summed E-state index contributed by atoms with van der Waals surface area (Å²) in [6, 6.07) is 0. The minimum atomic E-state index is -1.60. The fourth-order valence-electron chi connectivity index (χ4n) is 7.05. The third kappa shape index (κ3) is 2.45. The first-order chi connectivity index (χ1) is 13.6. The largest absolute Gasteiger partial charge is 0.511 e. The van der Waals surface area contributed by atoms with Crippen molar-refractivity contribution in [3.63, 3.8) is 0 Å². The minimum absolute atomic E-state index is 0.0470. The molecule has 0 saturated heterocycles. The number of carboxylic acids is 1. The molecule has 0 aliphatic heterocycles. The van der Waals surface area contributed by atoms with Crippen LogP contribution in [0.2, 0.25) is 0 Å². The summed E-state index contributed by atoms with van der Waals surface area (Å²) in [5.74, 6) is -0.835. The SMILES string of the molecule is COC(=O)O[C@]1(C(=O)O)CC[C@H]2[C@@H]3CCC4=CC(=O)C=C(O)[C@]4(C)[C@H]3CC[C@@]21C. The van der Waals surface area contributed by atoms with Crippen LogP contribution >= 0.6 is 0 Å². The molecule has 0 unspecified atom stereocenters. The fourth-order valence-corrected chi connectivity index (χ4v) is 7.05. The highest BCUT2D eigenvalue weighted by atomic mass is 16.7. The first-order valence-electron chi connectivity index (χ1n) is 10.3. The van der Waals surface area contributed by atoms with Crippen molar-refractivity contribution in [2.45, 2.75) is 58.0 Å². The van der Waals surface area contributed by atoms with Gasteiger partial charge in [0.25, 0.3) is 0 Å². The van der Waals surface area contributed by atoms with Gasteiger partial charge < -0.3 is 19.7 Å². The van der Waals surface area contributed by atoms with Crippen molar-refractivity contribution < 1.29 is 34.1 Å². The molecule has 0 spiro atoms. The number of aliphatic hydroxyl groups excluding tert-OH is 1. The number of aliphatic carboxylic acids is 1. The van der Waals surface area contributed by atoms with E-state index in [1.165, 1.54) is 13.2 Å². The summed E-state index contributed by atoms with van der Waals surface area (Å²) in [4.78, 5) is 36.2. The molecular formula is C22H28O7. The van der Waals surface area contributed by atoms with E-state index >= 15 is 0 Å². The number of ether oxygens (including phenoxy) is 2. The molecule has 29 heavy (non-hydrogen) atoms. The number of hydrogen-bond donors (Lipinski definition) is 2. The maximum atomic E-state index is 12.3. The summed E-state index contributed by atoms with van der Waals surface area (Å²) in [6.45, 7) is 3.92. The molecule has 0 bridgehead atoms. The number of ketones is 1. The van der Waals surface area contributed by atoms with Crippen molar-refractivity contribution in [1.29, 1.82) is 0 Å². The van der Waals surface area contributed by atoms with Crippen molar-refractivity contribution in [1.82, 2.24) is 0 Å². The number of carbonyl (C=O) groups is 3. The normalized spacial score (nSPS) is 43.3. The molecule has 0 aromatic carbocycles. The van der Waals surface area contributed by atoms with Crippen LogP contribution in [0.3, 0.4) is 0 Å². The van der Waals surface area contributed by atoms with Gasteiger partial charge in [0.2, 0.25) is 5.60 Å². The van der Waals surface area contributed by atoms with Crippen LogP contribution < -0.4 is 0 Å². The summed E-state index contributed by atoms with van der Waals surface area (Å²) in [6.07, 6.45) is 5.68. The van der Waals surface area contributed by atoms with E-state index in [9.17, 15) is 24.6 Å². The van der Waals surface area contributed by atoms with E-state index in [2.05, 4.69) is 4.74 Å². The average molecular weight is 404 g/mol. The number of hydrogen-bond acceptors (Lipinski definition) is 6. The third-order valence-corrected chi connectivity index (χ3v) is 8.61. The Morgan fingerprint density at radius 1 is 1.10 bits per heavy atom. The summed E-state index contributed by atoms with van der Waals surface area (Å²) < 4.78 is 10.1. The number of carbonyl (C=O) groups excluding carboxylic acids is 2. The number of allylic oxidation sites excluding steroid dienone is 3. The number of carboxylic acid groups (broad SMARTS) is 1. The maximum Gasteiger partial charge on any atom is 0.509 e. The van der Waals surface area contributed by atoms with Gasteiger partial charge in [0.1, 0.15) is 5.76 Å². The Bertz CT molecular complexity index is 842. The first kappa shape index (κ1) is 20.0. The topological polar surface area (TPSA) is 110 Å². The summed E-state index contributed by atoms with van der Waals surface area (Å²) in [5.41, 5.74) is -1.93. The average Bonchev–Trinajstić information content (AvgIpc) is 2.96. The van der Waals surface area contributed by atoms with Gasteiger partial charge in [-0.15, -0.1) is 0 Å². The third-order valence-electron chi connectivity index (χ3n) is 8.61. The quantitative estimate of drug-likeness (QED) is 0.674. The lowest BCUT2D eigenvalue weighted by Gasteiger charge is -2.58. The van der Waals surface area contributed by atoms with Gasteiger partial charge >= 0.3 is 12.1 Å². The van der Waals surface area contributed by atoms with E-state index < -0.39 is 28.6 Å². The van der Waals surface area contributed by atoms with Crippen LogP contribution in [0.25, 0.3) is 0 Å². The lowest BCUT2D eigenvalue weighted by Crippen LogP contribution is -2.59. The molecule has 158 valence electrons. The van der Waals surface area contributed by atoms with Crippen LogP contribution in [0.4, 0.5) is 4.79 Å². The molecule has 7 heteroatoms. The van der Waals surface area contributed by atoms with Crippen molar-refractivity contribution in [2.75, 3.05) is 7.11 Å². The van der Waals surface area contributed by atoms with Gasteiger partial charge in [0.05, 0.1) is 7.11 Å². The highest BCUT2D eigenvalue weighted by molar-refractivity contribution is 6.01. The Kier molecular flexibility index (Phi) is 4.37. The molecule has 0 aromatic heterocycles. The van der Waals surface area contributed by atoms with Gasteiger partial charge in [-0.05, 0) is 69.3 Å². The fraction of sp³-hybridized carbons (Fsp3) is 0.682. The Labute approximate surface area is 169 Å². The maximum absolute atomic E-state index is 12.3. The second-order valence-electron chi connectivity index (χ2n) is 9.40. The molecule has 3 saturated carbocycles. The van der Waals surface area contributed by atoms with Crippen LogP contribution in [-0.2, 0) is 19.1 Å². The standard InChI is InChI=1S/C22H28O7/c1-20-8-6-16-14(5-4-12-10-13(23)11-17(24)21(12,16)2)15(20)7-9-22(20,18(25)26)29-19(27)28-3/h10-11,14-16,24H,4-9H2,1-3H3,(H,25,26)/t14-,15-,16-,20-,21-,22-/m0/s1. The molecule has 0 aromatic rings. The molecule has 4 rings (SSSR count). The van der Waals surface area contributed by atoms with Crippen molar-refractivity contribution in [2.24, 2.45) is 28.6 Å². The van der Waals surface area contributed by atoms with E-state index in [0.29, 0.717) is 25.7 Å². The monoisotopic (exact) mass is 404 g/mol. The summed E-state index contributed by atoms with van der Waals surface area (Å²) in [5, 5.41) is 20.8. The van der Waals surface area contributed by atoms with Gasteiger partial charge in [-0.2, -0.15) is 0 Å². The molecule has 0 heterocycles. The van der Waals surface area contributed by atoms with Crippen LogP contribution in [0.5, 0.6) is 0 Å². The van der Waals surface area contributed by atoms with Crippen LogP contribution in [-0.4, -0.2) is 40.8 Å². The second kappa shape index (κ2) is 6.34. The molecule has 4 aliphatic rings. The minimum Gasteiger partial charge on any atom is -0.511 e. The van der Waals surface area contributed by atoms with Crippen molar-refractivity contribution in [3.05, 3.63) is 23.5 Å². The lowest BCUT2D eigenvalue weighted by atomic mass is 9.47. The zero-order valence-corrected chi connectivity index (χ0v) is 17.1. The smallest absolute Gasteiger partial charge is 0.509 e. The zero-order valence-electron chi connectivity index (χ0n) is 17.1.